The summed E-state index contributed by atoms with van der Waals surface area (Å²) in [4.78, 5) is 39.4. The van der Waals surface area contributed by atoms with Crippen molar-refractivity contribution in [2.24, 2.45) is 0 Å². The van der Waals surface area contributed by atoms with E-state index >= 15 is 0 Å². The van der Waals surface area contributed by atoms with Crippen molar-refractivity contribution in [2.75, 3.05) is 10.2 Å². The van der Waals surface area contributed by atoms with Crippen LogP contribution < -0.4 is 15.5 Å². The summed E-state index contributed by atoms with van der Waals surface area (Å²) in [6.45, 7) is 3.80. The van der Waals surface area contributed by atoms with Gasteiger partial charge in [0, 0.05) is 17.3 Å². The zero-order chi connectivity index (χ0) is 22.1. The van der Waals surface area contributed by atoms with E-state index < -0.39 is 11.8 Å². The number of amides is 3. The number of carbonyl (C=O) groups excluding carboxylic acids is 3. The number of hydrogen-bond donors (Lipinski definition) is 2. The van der Waals surface area contributed by atoms with Gasteiger partial charge in [-0.3, -0.25) is 14.4 Å². The Hall–Kier alpha value is -3.12. The van der Waals surface area contributed by atoms with Crippen molar-refractivity contribution < 1.29 is 14.4 Å². The number of halogens is 1. The first-order chi connectivity index (χ1) is 14.8. The van der Waals surface area contributed by atoms with Crippen LogP contribution in [-0.4, -0.2) is 23.8 Å². The normalized spacial score (nSPS) is 16.9. The molecular formula is C24H24ClN3O3. The van der Waals surface area contributed by atoms with Crippen molar-refractivity contribution in [3.63, 3.8) is 0 Å². The maximum Gasteiger partial charge on any atom is 0.283 e. The zero-order valence-corrected chi connectivity index (χ0v) is 18.3. The van der Waals surface area contributed by atoms with Crippen molar-refractivity contribution in [2.45, 2.75) is 45.6 Å². The van der Waals surface area contributed by atoms with Gasteiger partial charge in [0.1, 0.15) is 10.7 Å². The molecule has 1 aliphatic carbocycles. The highest BCUT2D eigenvalue weighted by molar-refractivity contribution is 6.53. The number of benzene rings is 2. The topological polar surface area (TPSA) is 78.5 Å². The molecule has 2 N–H and O–H groups in total. The van der Waals surface area contributed by atoms with E-state index in [2.05, 4.69) is 10.6 Å². The molecule has 1 fully saturated rings. The number of rotatable bonds is 5. The summed E-state index contributed by atoms with van der Waals surface area (Å²) >= 11 is 6.24. The number of nitrogens with zero attached hydrogens (tertiary/aromatic N) is 1. The molecule has 31 heavy (non-hydrogen) atoms. The SMILES string of the molecule is Cc1cc(C)cc(N2C(=O)C(Cl)=C(Nc3cccc(C(=O)NC4CCCC4)c3)C2=O)c1. The van der Waals surface area contributed by atoms with Crippen LogP contribution in [0.25, 0.3) is 0 Å². The molecule has 0 saturated heterocycles. The smallest absolute Gasteiger partial charge is 0.283 e. The molecule has 1 heterocycles. The second-order valence-electron chi connectivity index (χ2n) is 8.14. The second kappa shape index (κ2) is 8.55. The van der Waals surface area contributed by atoms with Crippen LogP contribution in [0, 0.1) is 13.8 Å². The lowest BCUT2D eigenvalue weighted by molar-refractivity contribution is -0.120. The Labute approximate surface area is 186 Å². The minimum absolute atomic E-state index is 0.000762. The summed E-state index contributed by atoms with van der Waals surface area (Å²) in [7, 11) is 0. The molecule has 0 aromatic heterocycles. The van der Waals surface area contributed by atoms with E-state index in [9.17, 15) is 14.4 Å². The van der Waals surface area contributed by atoms with Gasteiger partial charge >= 0.3 is 0 Å². The Kier molecular flexibility index (Phi) is 5.83. The first kappa shape index (κ1) is 21.1. The highest BCUT2D eigenvalue weighted by atomic mass is 35.5. The lowest BCUT2D eigenvalue weighted by Crippen LogP contribution is -2.33. The summed E-state index contributed by atoms with van der Waals surface area (Å²) in [5, 5.41) is 5.81. The fraction of sp³-hybridized carbons (Fsp3) is 0.292. The number of hydrogen-bond acceptors (Lipinski definition) is 4. The van der Waals surface area contributed by atoms with Gasteiger partial charge in [-0.15, -0.1) is 0 Å². The summed E-state index contributed by atoms with van der Waals surface area (Å²) < 4.78 is 0. The van der Waals surface area contributed by atoms with Gasteiger partial charge in [0.15, 0.2) is 0 Å². The fourth-order valence-electron chi connectivity index (χ4n) is 4.15. The average molecular weight is 438 g/mol. The van der Waals surface area contributed by atoms with Gasteiger partial charge in [-0.1, -0.05) is 36.6 Å². The van der Waals surface area contributed by atoms with E-state index in [4.69, 9.17) is 11.6 Å². The van der Waals surface area contributed by atoms with Gasteiger partial charge in [0.25, 0.3) is 17.7 Å². The molecule has 2 aromatic carbocycles. The molecule has 4 rings (SSSR count). The van der Waals surface area contributed by atoms with Crippen molar-refractivity contribution in [3.05, 3.63) is 69.9 Å². The van der Waals surface area contributed by atoms with Crippen LogP contribution in [0.15, 0.2) is 53.2 Å². The highest BCUT2D eigenvalue weighted by Crippen LogP contribution is 2.31. The van der Waals surface area contributed by atoms with Crippen LogP contribution in [0.5, 0.6) is 0 Å². The minimum Gasteiger partial charge on any atom is -0.350 e. The molecule has 1 saturated carbocycles. The summed E-state index contributed by atoms with van der Waals surface area (Å²) in [5.74, 6) is -1.25. The standard InChI is InChI=1S/C24H24ClN3O3/c1-14-10-15(2)12-19(11-14)28-23(30)20(25)21(24(28)31)26-18-9-5-6-16(13-18)22(29)27-17-7-3-4-8-17/h5-6,9-13,17,26H,3-4,7-8H2,1-2H3,(H,27,29). The monoisotopic (exact) mass is 437 g/mol. The van der Waals surface area contributed by atoms with Gasteiger partial charge in [-0.2, -0.15) is 0 Å². The lowest BCUT2D eigenvalue weighted by Gasteiger charge is -2.17. The van der Waals surface area contributed by atoms with Crippen LogP contribution in [0.4, 0.5) is 11.4 Å². The van der Waals surface area contributed by atoms with E-state index in [0.29, 0.717) is 16.9 Å². The Morgan fingerprint density at radius 3 is 2.35 bits per heavy atom. The Morgan fingerprint density at radius 2 is 1.68 bits per heavy atom. The maximum atomic E-state index is 13.0. The lowest BCUT2D eigenvalue weighted by atomic mass is 10.1. The van der Waals surface area contributed by atoms with Crippen LogP contribution in [0.1, 0.15) is 47.2 Å². The highest BCUT2D eigenvalue weighted by Gasteiger charge is 2.39. The van der Waals surface area contributed by atoms with E-state index in [0.717, 1.165) is 41.7 Å². The van der Waals surface area contributed by atoms with Gasteiger partial charge in [0.2, 0.25) is 0 Å². The number of imide groups is 1. The van der Waals surface area contributed by atoms with Crippen molar-refractivity contribution >= 4 is 40.7 Å². The molecule has 2 aliphatic rings. The predicted molar refractivity (Wildman–Crippen MR) is 121 cm³/mol. The van der Waals surface area contributed by atoms with Crippen LogP contribution in [0.2, 0.25) is 0 Å². The number of carbonyl (C=O) groups is 3. The Balaban J connectivity index is 1.54. The van der Waals surface area contributed by atoms with E-state index in [1.165, 1.54) is 0 Å². The molecule has 0 spiro atoms. The van der Waals surface area contributed by atoms with E-state index in [-0.39, 0.29) is 22.7 Å². The Bertz CT molecular complexity index is 1080. The maximum absolute atomic E-state index is 13.0. The number of aryl methyl sites for hydroxylation is 2. The van der Waals surface area contributed by atoms with Crippen LogP contribution in [-0.2, 0) is 9.59 Å². The van der Waals surface area contributed by atoms with E-state index in [1.807, 2.05) is 19.9 Å². The second-order valence-corrected chi connectivity index (χ2v) is 8.52. The van der Waals surface area contributed by atoms with Crippen LogP contribution >= 0.6 is 11.6 Å². The van der Waals surface area contributed by atoms with Gasteiger partial charge in [-0.25, -0.2) is 4.90 Å². The number of nitrogens with one attached hydrogen (secondary N) is 2. The average Bonchev–Trinajstić information content (AvgIpc) is 3.30. The summed E-state index contributed by atoms with van der Waals surface area (Å²) in [6, 6.07) is 12.5. The molecule has 1 aliphatic heterocycles. The molecule has 7 heteroatoms. The molecule has 160 valence electrons. The van der Waals surface area contributed by atoms with Crippen molar-refractivity contribution in [1.82, 2.24) is 5.32 Å². The Morgan fingerprint density at radius 1 is 1.00 bits per heavy atom. The molecular weight excluding hydrogens is 414 g/mol. The van der Waals surface area contributed by atoms with Crippen molar-refractivity contribution in [1.29, 1.82) is 0 Å². The third kappa shape index (κ3) is 4.35. The molecule has 0 radical (unpaired) electrons. The predicted octanol–water partition coefficient (Wildman–Crippen LogP) is 4.41. The minimum atomic E-state index is -0.575. The fourth-order valence-corrected chi connectivity index (χ4v) is 4.36. The van der Waals surface area contributed by atoms with Crippen LogP contribution in [0.3, 0.4) is 0 Å². The number of anilines is 2. The largest absolute Gasteiger partial charge is 0.350 e. The molecule has 0 unspecified atom stereocenters. The molecule has 3 amide bonds. The first-order valence-electron chi connectivity index (χ1n) is 10.4. The van der Waals surface area contributed by atoms with Gasteiger partial charge < -0.3 is 10.6 Å². The molecule has 0 bridgehead atoms. The molecule has 0 atom stereocenters. The summed E-state index contributed by atoms with van der Waals surface area (Å²) in [5.41, 5.74) is 3.35. The quantitative estimate of drug-likeness (QED) is 0.679. The van der Waals surface area contributed by atoms with Gasteiger partial charge in [0.05, 0.1) is 5.69 Å². The molecule has 2 aromatic rings. The third-order valence-corrected chi connectivity index (χ3v) is 5.93. The van der Waals surface area contributed by atoms with Gasteiger partial charge in [-0.05, 0) is 68.1 Å². The molecule has 6 nitrogen and oxygen atoms in total. The summed E-state index contributed by atoms with van der Waals surface area (Å²) in [6.07, 6.45) is 4.26. The van der Waals surface area contributed by atoms with Crippen molar-refractivity contribution in [3.8, 4) is 0 Å². The van der Waals surface area contributed by atoms with E-state index in [1.54, 1.807) is 36.4 Å². The zero-order valence-electron chi connectivity index (χ0n) is 17.5. The third-order valence-electron chi connectivity index (χ3n) is 5.58. The first-order valence-corrected chi connectivity index (χ1v) is 10.8.